The summed E-state index contributed by atoms with van der Waals surface area (Å²) in [4.78, 5) is 0. The van der Waals surface area contributed by atoms with E-state index in [9.17, 15) is 5.11 Å². The molecule has 1 rings (SSSR count). The van der Waals surface area contributed by atoms with Crippen molar-refractivity contribution in [3.05, 3.63) is 16.4 Å². The summed E-state index contributed by atoms with van der Waals surface area (Å²) in [6.07, 6.45) is 3.04. The number of aromatic nitrogens is 2. The number of likely N-dealkylation sites (N-methyl/N-ethyl adjacent to an activating group) is 1. The van der Waals surface area contributed by atoms with Crippen molar-refractivity contribution in [1.82, 2.24) is 15.1 Å². The number of hydrogen-bond acceptors (Lipinski definition) is 3. The quantitative estimate of drug-likeness (QED) is 0.750. The van der Waals surface area contributed by atoms with Gasteiger partial charge in [-0.25, -0.2) is 0 Å². The second-order valence-electron chi connectivity index (χ2n) is 5.13. The highest BCUT2D eigenvalue weighted by atomic mass is 35.5. The summed E-state index contributed by atoms with van der Waals surface area (Å²) >= 11 is 6.10. The molecule has 0 amide bonds. The number of aryl methyl sites for hydroxylation is 2. The fourth-order valence-electron chi connectivity index (χ4n) is 1.95. The molecule has 0 spiro atoms. The highest BCUT2D eigenvalue weighted by Gasteiger charge is 2.19. The molecule has 1 heterocycles. The third-order valence-electron chi connectivity index (χ3n) is 3.59. The van der Waals surface area contributed by atoms with Crippen molar-refractivity contribution in [2.45, 2.75) is 52.1 Å². The number of aliphatic hydroxyl groups is 1. The van der Waals surface area contributed by atoms with Gasteiger partial charge in [-0.3, -0.25) is 4.68 Å². The van der Waals surface area contributed by atoms with Gasteiger partial charge >= 0.3 is 0 Å². The molecular weight excluding hydrogens is 250 g/mol. The van der Waals surface area contributed by atoms with Gasteiger partial charge in [0.25, 0.3) is 0 Å². The normalized spacial score (nSPS) is 14.8. The summed E-state index contributed by atoms with van der Waals surface area (Å²) < 4.78 is 1.97. The zero-order valence-corrected chi connectivity index (χ0v) is 12.5. The molecule has 4 nitrogen and oxygen atoms in total. The number of nitrogens with one attached hydrogen (secondary N) is 1. The van der Waals surface area contributed by atoms with Gasteiger partial charge in [-0.05, 0) is 47.1 Å². The molecule has 1 aromatic rings. The van der Waals surface area contributed by atoms with E-state index in [0.717, 1.165) is 42.2 Å². The fourth-order valence-corrected chi connectivity index (χ4v) is 2.09. The van der Waals surface area contributed by atoms with E-state index in [4.69, 9.17) is 11.6 Å². The van der Waals surface area contributed by atoms with Crippen LogP contribution in [0.5, 0.6) is 0 Å². The van der Waals surface area contributed by atoms with Gasteiger partial charge in [0, 0.05) is 12.1 Å². The van der Waals surface area contributed by atoms with Crippen molar-refractivity contribution >= 4 is 11.6 Å². The predicted molar refractivity (Wildman–Crippen MR) is 75.1 cm³/mol. The van der Waals surface area contributed by atoms with E-state index in [1.807, 2.05) is 32.5 Å². The first-order valence-corrected chi connectivity index (χ1v) is 6.80. The monoisotopic (exact) mass is 273 g/mol. The van der Waals surface area contributed by atoms with Crippen LogP contribution in [0.1, 0.15) is 37.6 Å². The smallest absolute Gasteiger partial charge is 0.0844 e. The Morgan fingerprint density at radius 3 is 2.50 bits per heavy atom. The molecule has 18 heavy (non-hydrogen) atoms. The van der Waals surface area contributed by atoms with Crippen LogP contribution in [-0.4, -0.2) is 34.1 Å². The molecular formula is C13H24ClN3O. The van der Waals surface area contributed by atoms with E-state index >= 15 is 0 Å². The van der Waals surface area contributed by atoms with Crippen LogP contribution in [0.15, 0.2) is 0 Å². The molecule has 0 aliphatic carbocycles. The molecule has 104 valence electrons. The Hall–Kier alpha value is -0.580. The maximum absolute atomic E-state index is 9.29. The van der Waals surface area contributed by atoms with Crippen LogP contribution in [0.4, 0.5) is 0 Å². The van der Waals surface area contributed by atoms with E-state index < -0.39 is 0 Å². The molecule has 0 aliphatic rings. The highest BCUT2D eigenvalue weighted by Crippen LogP contribution is 2.20. The molecule has 1 unspecified atom stereocenters. The minimum atomic E-state index is -0.174. The summed E-state index contributed by atoms with van der Waals surface area (Å²) in [7, 11) is 1.89. The zero-order valence-electron chi connectivity index (χ0n) is 11.8. The van der Waals surface area contributed by atoms with Gasteiger partial charge in [-0.2, -0.15) is 5.10 Å². The molecule has 5 heteroatoms. The molecule has 0 saturated heterocycles. The Morgan fingerprint density at radius 1 is 1.39 bits per heavy atom. The number of nitrogens with zero attached hydrogens (tertiary/aromatic N) is 2. The second-order valence-corrected chi connectivity index (χ2v) is 5.51. The van der Waals surface area contributed by atoms with E-state index in [2.05, 4.69) is 10.4 Å². The topological polar surface area (TPSA) is 50.1 Å². The van der Waals surface area contributed by atoms with Gasteiger partial charge in [0.2, 0.25) is 0 Å². The van der Waals surface area contributed by atoms with E-state index in [1.54, 1.807) is 0 Å². The molecule has 0 bridgehead atoms. The lowest BCUT2D eigenvalue weighted by atomic mass is 9.96. The van der Waals surface area contributed by atoms with Crippen LogP contribution in [0.2, 0.25) is 5.02 Å². The number of hydrogen-bond donors (Lipinski definition) is 2. The lowest BCUT2D eigenvalue weighted by Gasteiger charge is -2.26. The Kier molecular flexibility index (Phi) is 5.63. The van der Waals surface area contributed by atoms with Gasteiger partial charge in [0.15, 0.2) is 0 Å². The second kappa shape index (κ2) is 6.55. The van der Waals surface area contributed by atoms with Gasteiger partial charge in [0.05, 0.1) is 23.0 Å². The minimum Gasteiger partial charge on any atom is -0.394 e. The van der Waals surface area contributed by atoms with Crippen LogP contribution in [0, 0.1) is 13.8 Å². The van der Waals surface area contributed by atoms with Crippen molar-refractivity contribution < 1.29 is 5.11 Å². The van der Waals surface area contributed by atoms with Crippen LogP contribution >= 0.6 is 11.6 Å². The first kappa shape index (κ1) is 15.5. The van der Waals surface area contributed by atoms with Crippen molar-refractivity contribution in [3.63, 3.8) is 0 Å². The molecule has 0 radical (unpaired) electrons. The van der Waals surface area contributed by atoms with Crippen LogP contribution in [-0.2, 0) is 6.54 Å². The van der Waals surface area contributed by atoms with Crippen molar-refractivity contribution in [2.24, 2.45) is 0 Å². The van der Waals surface area contributed by atoms with E-state index in [1.165, 1.54) is 0 Å². The molecule has 2 N–H and O–H groups in total. The average Bonchev–Trinajstić information content (AvgIpc) is 2.62. The highest BCUT2D eigenvalue weighted by molar-refractivity contribution is 6.31. The maximum atomic E-state index is 9.29. The summed E-state index contributed by atoms with van der Waals surface area (Å²) in [5.74, 6) is 0. The van der Waals surface area contributed by atoms with E-state index in [0.29, 0.717) is 0 Å². The molecule has 0 aromatic carbocycles. The Labute approximate surface area is 114 Å². The first-order chi connectivity index (χ1) is 8.43. The lowest BCUT2D eigenvalue weighted by molar-refractivity contribution is 0.170. The van der Waals surface area contributed by atoms with Crippen LogP contribution in [0.3, 0.4) is 0 Å². The van der Waals surface area contributed by atoms with Crippen molar-refractivity contribution in [2.75, 3.05) is 13.7 Å². The summed E-state index contributed by atoms with van der Waals surface area (Å²) in [6, 6.07) is 0. The van der Waals surface area contributed by atoms with E-state index in [-0.39, 0.29) is 12.1 Å². The third-order valence-corrected chi connectivity index (χ3v) is 4.14. The maximum Gasteiger partial charge on any atom is 0.0844 e. The average molecular weight is 274 g/mol. The number of halogens is 1. The van der Waals surface area contributed by atoms with Crippen molar-refractivity contribution in [3.8, 4) is 0 Å². The summed E-state index contributed by atoms with van der Waals surface area (Å²) in [5, 5.41) is 17.6. The Bertz CT molecular complexity index is 386. The third kappa shape index (κ3) is 3.70. The molecule has 1 atom stereocenters. The van der Waals surface area contributed by atoms with Gasteiger partial charge in [-0.15, -0.1) is 0 Å². The summed E-state index contributed by atoms with van der Waals surface area (Å²) in [5.41, 5.74) is 1.75. The zero-order chi connectivity index (χ0) is 13.8. The van der Waals surface area contributed by atoms with Gasteiger partial charge < -0.3 is 10.4 Å². The number of aliphatic hydroxyl groups excluding tert-OH is 1. The predicted octanol–water partition coefficient (Wildman–Crippen LogP) is 2.29. The Balaban J connectivity index is 2.40. The minimum absolute atomic E-state index is 0.162. The molecule has 0 saturated carbocycles. The summed E-state index contributed by atoms with van der Waals surface area (Å²) in [6.45, 7) is 7.00. The van der Waals surface area contributed by atoms with Crippen molar-refractivity contribution in [1.29, 1.82) is 0 Å². The number of unbranched alkanes of at least 4 members (excludes halogenated alkanes) is 1. The Morgan fingerprint density at radius 2 is 2.06 bits per heavy atom. The number of rotatable bonds is 7. The van der Waals surface area contributed by atoms with Gasteiger partial charge in [0.1, 0.15) is 0 Å². The van der Waals surface area contributed by atoms with Gasteiger partial charge in [-0.1, -0.05) is 11.6 Å². The first-order valence-electron chi connectivity index (χ1n) is 6.43. The molecule has 0 aliphatic heterocycles. The largest absolute Gasteiger partial charge is 0.394 e. The SMILES string of the molecule is CNC(C)(CO)CCCCn1nc(C)c(Cl)c1C. The van der Waals surface area contributed by atoms with Crippen LogP contribution in [0.25, 0.3) is 0 Å². The molecule has 1 aromatic heterocycles. The fraction of sp³-hybridized carbons (Fsp3) is 0.769. The lowest BCUT2D eigenvalue weighted by Crippen LogP contribution is -2.43. The standard InChI is InChI=1S/C13H24ClN3O/c1-10-12(14)11(2)17(16-10)8-6-5-7-13(3,9-18)15-4/h15,18H,5-9H2,1-4H3. The molecule has 0 fully saturated rings. The van der Waals surface area contributed by atoms with Crippen LogP contribution < -0.4 is 5.32 Å².